The van der Waals surface area contributed by atoms with E-state index in [4.69, 9.17) is 8.54 Å². The Morgan fingerprint density at radius 2 is 1.79 bits per heavy atom. The Kier molecular flexibility index (Phi) is 4.29. The minimum Gasteiger partial charge on any atom is -0.492 e. The summed E-state index contributed by atoms with van der Waals surface area (Å²) in [7, 11) is -1.64. The Hall–Kier alpha value is -0.396. The van der Waals surface area contributed by atoms with E-state index in [9.17, 15) is 4.79 Å². The molecule has 82 valence electrons. The van der Waals surface area contributed by atoms with Crippen LogP contribution in [0.3, 0.4) is 0 Å². The zero-order chi connectivity index (χ0) is 11.6. The molecule has 0 unspecified atom stereocenters. The lowest BCUT2D eigenvalue weighted by molar-refractivity contribution is -0.132. The maximum Gasteiger partial charge on any atom is 0.384 e. The van der Waals surface area contributed by atoms with Crippen LogP contribution in [0.25, 0.3) is 0 Å². The van der Waals surface area contributed by atoms with E-state index in [0.29, 0.717) is 16.1 Å². The van der Waals surface area contributed by atoms with Crippen molar-refractivity contribution in [2.75, 3.05) is 0 Å². The van der Waals surface area contributed by atoms with Gasteiger partial charge >= 0.3 is 14.5 Å². The van der Waals surface area contributed by atoms with Gasteiger partial charge < -0.3 is 8.54 Å². The Morgan fingerprint density at radius 1 is 1.36 bits per heavy atom. The molecule has 0 spiro atoms. The highest BCUT2D eigenvalue weighted by Gasteiger charge is 2.31. The number of carbonyl (C=O) groups excluding carboxylic acids is 1. The van der Waals surface area contributed by atoms with E-state index >= 15 is 0 Å². The standard InChI is InChI=1S/C9H20O3Si2/c1-7(9(2,3)4)8(10)11-14(5,6)12-13/h1H2,2-6,13H3. The fraction of sp³-hybridized carbons (Fsp3) is 0.667. The van der Waals surface area contributed by atoms with Gasteiger partial charge in [0, 0.05) is 5.57 Å². The Morgan fingerprint density at radius 3 is 2.07 bits per heavy atom. The minimum absolute atomic E-state index is 0.243. The van der Waals surface area contributed by atoms with Gasteiger partial charge in [0.05, 0.1) is 0 Å². The van der Waals surface area contributed by atoms with E-state index < -0.39 is 8.56 Å². The summed E-state index contributed by atoms with van der Waals surface area (Å²) in [6, 6.07) is 0. The smallest absolute Gasteiger partial charge is 0.384 e. The summed E-state index contributed by atoms with van der Waals surface area (Å²) < 4.78 is 10.6. The molecule has 0 rings (SSSR count). The lowest BCUT2D eigenvalue weighted by Gasteiger charge is -2.25. The van der Waals surface area contributed by atoms with Crippen LogP contribution in [0, 0.1) is 5.41 Å². The second kappa shape index (κ2) is 4.42. The lowest BCUT2D eigenvalue weighted by Crippen LogP contribution is -2.38. The normalized spacial score (nSPS) is 12.6. The van der Waals surface area contributed by atoms with E-state index in [1.54, 1.807) is 0 Å². The van der Waals surface area contributed by atoms with Crippen LogP contribution in [0.15, 0.2) is 12.2 Å². The van der Waals surface area contributed by atoms with Crippen molar-refractivity contribution in [3.63, 3.8) is 0 Å². The minimum atomic E-state index is -2.23. The number of carbonyl (C=O) groups is 1. The second-order valence-corrected chi connectivity index (χ2v) is 9.36. The first kappa shape index (κ1) is 13.6. The molecule has 0 amide bonds. The van der Waals surface area contributed by atoms with E-state index in [0.717, 1.165) is 0 Å². The van der Waals surface area contributed by atoms with E-state index in [-0.39, 0.29) is 11.4 Å². The molecule has 0 fully saturated rings. The molecular formula is C9H20O3Si2. The Balaban J connectivity index is 4.45. The molecule has 14 heavy (non-hydrogen) atoms. The average Bonchev–Trinajstić information content (AvgIpc) is 2.00. The molecule has 0 aromatic rings. The third-order valence-electron chi connectivity index (χ3n) is 1.98. The molecule has 0 saturated heterocycles. The summed E-state index contributed by atoms with van der Waals surface area (Å²) in [6.45, 7) is 13.3. The van der Waals surface area contributed by atoms with Crippen molar-refractivity contribution in [2.45, 2.75) is 33.9 Å². The first-order valence-electron chi connectivity index (χ1n) is 4.58. The summed E-state index contributed by atoms with van der Waals surface area (Å²) in [4.78, 5) is 11.6. The van der Waals surface area contributed by atoms with Crippen LogP contribution in [0.1, 0.15) is 20.8 Å². The molecule has 0 aliphatic heterocycles. The van der Waals surface area contributed by atoms with Crippen LogP contribution in [0.4, 0.5) is 0 Å². The van der Waals surface area contributed by atoms with Gasteiger partial charge in [-0.05, 0) is 18.5 Å². The first-order chi connectivity index (χ1) is 6.10. The molecule has 0 atom stereocenters. The van der Waals surface area contributed by atoms with Gasteiger partial charge in [0.25, 0.3) is 0 Å². The highest BCUT2D eigenvalue weighted by atomic mass is 28.4. The fourth-order valence-electron chi connectivity index (χ4n) is 0.633. The van der Waals surface area contributed by atoms with Crippen LogP contribution in [0.2, 0.25) is 13.1 Å². The van der Waals surface area contributed by atoms with Crippen molar-refractivity contribution in [1.82, 2.24) is 0 Å². The number of hydrogen-bond donors (Lipinski definition) is 0. The van der Waals surface area contributed by atoms with E-state index in [2.05, 4.69) is 6.58 Å². The Bertz CT molecular complexity index is 241. The van der Waals surface area contributed by atoms with Crippen molar-refractivity contribution in [1.29, 1.82) is 0 Å². The van der Waals surface area contributed by atoms with Crippen LogP contribution >= 0.6 is 0 Å². The predicted octanol–water partition coefficient (Wildman–Crippen LogP) is 1.13. The van der Waals surface area contributed by atoms with Gasteiger partial charge in [-0.25, -0.2) is 4.79 Å². The van der Waals surface area contributed by atoms with Crippen molar-refractivity contribution in [2.24, 2.45) is 5.41 Å². The summed E-state index contributed by atoms with van der Waals surface area (Å²) >= 11 is 0. The molecule has 0 aliphatic carbocycles. The largest absolute Gasteiger partial charge is 0.492 e. The third kappa shape index (κ3) is 4.21. The molecule has 0 bridgehead atoms. The Labute approximate surface area is 90.3 Å². The van der Waals surface area contributed by atoms with E-state index in [1.807, 2.05) is 33.9 Å². The van der Waals surface area contributed by atoms with Crippen molar-refractivity contribution >= 4 is 25.0 Å². The third-order valence-corrected chi connectivity index (χ3v) is 6.59. The average molecular weight is 232 g/mol. The highest BCUT2D eigenvalue weighted by molar-refractivity contribution is 6.69. The molecule has 0 aliphatic rings. The maximum absolute atomic E-state index is 11.6. The van der Waals surface area contributed by atoms with Crippen molar-refractivity contribution < 1.29 is 13.3 Å². The molecular weight excluding hydrogens is 212 g/mol. The number of hydrogen-bond acceptors (Lipinski definition) is 3. The van der Waals surface area contributed by atoms with Crippen molar-refractivity contribution in [3.8, 4) is 0 Å². The molecule has 0 saturated carbocycles. The summed E-state index contributed by atoms with van der Waals surface area (Å²) in [5.74, 6) is -0.329. The van der Waals surface area contributed by atoms with Gasteiger partial charge in [0.1, 0.15) is 10.5 Å². The second-order valence-electron chi connectivity index (χ2n) is 4.72. The summed E-state index contributed by atoms with van der Waals surface area (Å²) in [6.07, 6.45) is 0. The highest BCUT2D eigenvalue weighted by Crippen LogP contribution is 2.25. The van der Waals surface area contributed by atoms with Crippen molar-refractivity contribution in [3.05, 3.63) is 12.2 Å². The first-order valence-corrected chi connectivity index (χ1v) is 8.21. The fourth-order valence-corrected chi connectivity index (χ4v) is 1.54. The van der Waals surface area contributed by atoms with Gasteiger partial charge in [-0.3, -0.25) is 0 Å². The SMILES string of the molecule is C=C(C(=O)O[Si](C)(C)O[SiH3])C(C)(C)C. The van der Waals surface area contributed by atoms with E-state index in [1.165, 1.54) is 0 Å². The van der Waals surface area contributed by atoms with Gasteiger partial charge in [-0.1, -0.05) is 27.4 Å². The van der Waals surface area contributed by atoms with Gasteiger partial charge in [-0.2, -0.15) is 0 Å². The molecule has 0 aromatic heterocycles. The maximum atomic E-state index is 11.6. The lowest BCUT2D eigenvalue weighted by atomic mass is 9.88. The molecule has 5 heteroatoms. The van der Waals surface area contributed by atoms with Crippen LogP contribution < -0.4 is 0 Å². The van der Waals surface area contributed by atoms with Crippen LogP contribution in [-0.2, 0) is 13.3 Å². The number of rotatable bonds is 3. The topological polar surface area (TPSA) is 35.5 Å². The summed E-state index contributed by atoms with van der Waals surface area (Å²) in [5, 5.41) is 0. The van der Waals surface area contributed by atoms with Crippen LogP contribution in [-0.4, -0.2) is 25.0 Å². The molecule has 3 nitrogen and oxygen atoms in total. The monoisotopic (exact) mass is 232 g/mol. The van der Waals surface area contributed by atoms with Gasteiger partial charge in [0.15, 0.2) is 0 Å². The van der Waals surface area contributed by atoms with Gasteiger partial charge in [-0.15, -0.1) is 0 Å². The molecule has 0 radical (unpaired) electrons. The van der Waals surface area contributed by atoms with Gasteiger partial charge in [0.2, 0.25) is 0 Å². The zero-order valence-corrected chi connectivity index (χ0v) is 12.9. The molecule has 0 N–H and O–H groups in total. The van der Waals surface area contributed by atoms with Crippen LogP contribution in [0.5, 0.6) is 0 Å². The quantitative estimate of drug-likeness (QED) is 0.540. The predicted molar refractivity (Wildman–Crippen MR) is 63.2 cm³/mol. The molecule has 0 heterocycles. The molecule has 0 aromatic carbocycles. The zero-order valence-electron chi connectivity index (χ0n) is 9.93. The summed E-state index contributed by atoms with van der Waals surface area (Å²) in [5.41, 5.74) is 0.254.